The van der Waals surface area contributed by atoms with Crippen LogP contribution in [0.25, 0.3) is 11.1 Å². The second-order valence-corrected chi connectivity index (χ2v) is 6.73. The minimum Gasteiger partial charge on any atom is -0.480 e. The Hall–Kier alpha value is -2.80. The van der Waals surface area contributed by atoms with Gasteiger partial charge >= 0.3 is 0 Å². The Balaban J connectivity index is 1.75. The molecular weight excluding hydrogens is 348 g/mol. The van der Waals surface area contributed by atoms with Crippen molar-refractivity contribution in [2.24, 2.45) is 0 Å². The summed E-state index contributed by atoms with van der Waals surface area (Å²) >= 11 is 1.61. The zero-order valence-corrected chi connectivity index (χ0v) is 15.8. The molecule has 0 saturated carbocycles. The molecule has 0 fully saturated rings. The second-order valence-electron chi connectivity index (χ2n) is 5.79. The number of amides is 1. The standard InChI is InChI=1S/C19H20N4O2S/c1-12-16(26-11-23-12)7-8-20-18(24)15-6-4-5-14(9-15)17-13(2)21-10-22-19(17)25-3/h4-6,9-11H,7-8H2,1-3H3,(H,20,24). The first-order chi connectivity index (χ1) is 12.6. The van der Waals surface area contributed by atoms with E-state index in [1.807, 2.05) is 37.6 Å². The molecule has 0 aliphatic rings. The summed E-state index contributed by atoms with van der Waals surface area (Å²) in [6.07, 6.45) is 2.25. The molecule has 0 aliphatic heterocycles. The highest BCUT2D eigenvalue weighted by Gasteiger charge is 2.14. The Bertz CT molecular complexity index is 923. The Labute approximate surface area is 156 Å². The summed E-state index contributed by atoms with van der Waals surface area (Å²) in [5, 5.41) is 2.96. The molecule has 7 heteroatoms. The van der Waals surface area contributed by atoms with Crippen molar-refractivity contribution in [2.45, 2.75) is 20.3 Å². The van der Waals surface area contributed by atoms with E-state index in [2.05, 4.69) is 20.3 Å². The lowest BCUT2D eigenvalue weighted by molar-refractivity contribution is 0.0954. The fourth-order valence-electron chi connectivity index (χ4n) is 2.71. The molecule has 2 heterocycles. The molecule has 134 valence electrons. The lowest BCUT2D eigenvalue weighted by Crippen LogP contribution is -2.25. The monoisotopic (exact) mass is 368 g/mol. The number of ether oxygens (including phenoxy) is 1. The minimum absolute atomic E-state index is 0.109. The molecule has 0 atom stereocenters. The van der Waals surface area contributed by atoms with Crippen molar-refractivity contribution in [1.29, 1.82) is 0 Å². The van der Waals surface area contributed by atoms with Crippen LogP contribution in [0.15, 0.2) is 36.1 Å². The Kier molecular flexibility index (Phi) is 5.58. The lowest BCUT2D eigenvalue weighted by atomic mass is 10.0. The van der Waals surface area contributed by atoms with Crippen LogP contribution in [0.3, 0.4) is 0 Å². The van der Waals surface area contributed by atoms with E-state index in [1.54, 1.807) is 24.5 Å². The van der Waals surface area contributed by atoms with E-state index in [1.165, 1.54) is 11.2 Å². The maximum Gasteiger partial charge on any atom is 0.251 e. The van der Waals surface area contributed by atoms with Gasteiger partial charge < -0.3 is 10.1 Å². The molecule has 3 aromatic rings. The molecule has 0 bridgehead atoms. The van der Waals surface area contributed by atoms with Crippen LogP contribution in [0.2, 0.25) is 0 Å². The first-order valence-corrected chi connectivity index (χ1v) is 9.11. The first-order valence-electron chi connectivity index (χ1n) is 8.23. The third kappa shape index (κ3) is 3.88. The van der Waals surface area contributed by atoms with Gasteiger partial charge in [0, 0.05) is 23.4 Å². The number of rotatable bonds is 6. The van der Waals surface area contributed by atoms with Crippen LogP contribution in [0, 0.1) is 13.8 Å². The summed E-state index contributed by atoms with van der Waals surface area (Å²) in [6, 6.07) is 7.40. The van der Waals surface area contributed by atoms with Gasteiger partial charge in [0.05, 0.1) is 29.6 Å². The number of benzene rings is 1. The van der Waals surface area contributed by atoms with E-state index in [9.17, 15) is 4.79 Å². The third-order valence-corrected chi connectivity index (χ3v) is 5.09. The molecule has 2 aromatic heterocycles. The average Bonchev–Trinajstić information content (AvgIpc) is 3.06. The van der Waals surface area contributed by atoms with E-state index in [4.69, 9.17) is 4.74 Å². The van der Waals surface area contributed by atoms with Gasteiger partial charge in [0.15, 0.2) is 0 Å². The van der Waals surface area contributed by atoms with Crippen LogP contribution >= 0.6 is 11.3 Å². The van der Waals surface area contributed by atoms with E-state index in [0.717, 1.165) is 28.9 Å². The van der Waals surface area contributed by atoms with Gasteiger partial charge in [0.1, 0.15) is 6.33 Å². The van der Waals surface area contributed by atoms with Crippen molar-refractivity contribution in [1.82, 2.24) is 20.3 Å². The number of nitrogens with zero attached hydrogens (tertiary/aromatic N) is 3. The molecule has 0 saturated heterocycles. The zero-order chi connectivity index (χ0) is 18.5. The van der Waals surface area contributed by atoms with Crippen molar-refractivity contribution < 1.29 is 9.53 Å². The molecule has 0 unspecified atom stereocenters. The van der Waals surface area contributed by atoms with Gasteiger partial charge in [0.2, 0.25) is 5.88 Å². The number of aromatic nitrogens is 3. The second kappa shape index (κ2) is 8.05. The van der Waals surface area contributed by atoms with Crippen molar-refractivity contribution >= 4 is 17.2 Å². The average molecular weight is 368 g/mol. The maximum absolute atomic E-state index is 12.5. The highest BCUT2D eigenvalue weighted by Crippen LogP contribution is 2.30. The molecule has 26 heavy (non-hydrogen) atoms. The quantitative estimate of drug-likeness (QED) is 0.723. The number of methoxy groups -OCH3 is 1. The number of thiazole rings is 1. The highest BCUT2D eigenvalue weighted by molar-refractivity contribution is 7.09. The fraction of sp³-hybridized carbons (Fsp3) is 0.263. The van der Waals surface area contributed by atoms with Crippen LogP contribution in [-0.2, 0) is 6.42 Å². The largest absolute Gasteiger partial charge is 0.480 e. The third-order valence-electron chi connectivity index (χ3n) is 4.09. The molecule has 6 nitrogen and oxygen atoms in total. The topological polar surface area (TPSA) is 77.0 Å². The summed E-state index contributed by atoms with van der Waals surface area (Å²) in [7, 11) is 1.57. The summed E-state index contributed by atoms with van der Waals surface area (Å²) in [6.45, 7) is 4.45. The normalized spacial score (nSPS) is 10.6. The lowest BCUT2D eigenvalue weighted by Gasteiger charge is -2.11. The molecule has 0 aliphatic carbocycles. The van der Waals surface area contributed by atoms with E-state index in [-0.39, 0.29) is 5.91 Å². The smallest absolute Gasteiger partial charge is 0.251 e. The van der Waals surface area contributed by atoms with Gasteiger partial charge in [0.25, 0.3) is 5.91 Å². The van der Waals surface area contributed by atoms with E-state index < -0.39 is 0 Å². The molecule has 1 aromatic carbocycles. The summed E-state index contributed by atoms with van der Waals surface area (Å²) < 4.78 is 5.34. The Morgan fingerprint density at radius 3 is 2.77 bits per heavy atom. The van der Waals surface area contributed by atoms with E-state index >= 15 is 0 Å². The van der Waals surface area contributed by atoms with E-state index in [0.29, 0.717) is 18.0 Å². The molecule has 0 radical (unpaired) electrons. The summed E-state index contributed by atoms with van der Waals surface area (Å²) in [5.41, 5.74) is 5.89. The zero-order valence-electron chi connectivity index (χ0n) is 14.9. The van der Waals surface area contributed by atoms with Gasteiger partial charge in [-0.25, -0.2) is 15.0 Å². The predicted octanol–water partition coefficient (Wildman–Crippen LogP) is 3.20. The number of carbonyl (C=O) groups is 1. The van der Waals surface area contributed by atoms with Gasteiger partial charge in [-0.15, -0.1) is 11.3 Å². The number of hydrogen-bond acceptors (Lipinski definition) is 6. The van der Waals surface area contributed by atoms with Gasteiger partial charge in [-0.1, -0.05) is 12.1 Å². The van der Waals surface area contributed by atoms with Crippen molar-refractivity contribution in [2.75, 3.05) is 13.7 Å². The van der Waals surface area contributed by atoms with Crippen LogP contribution in [0.5, 0.6) is 5.88 Å². The minimum atomic E-state index is -0.109. The summed E-state index contributed by atoms with van der Waals surface area (Å²) in [5.74, 6) is 0.387. The molecule has 3 rings (SSSR count). The number of aryl methyl sites for hydroxylation is 2. The Morgan fingerprint density at radius 1 is 1.19 bits per heavy atom. The van der Waals surface area contributed by atoms with Crippen molar-refractivity contribution in [3.05, 3.63) is 57.9 Å². The van der Waals surface area contributed by atoms with Crippen LogP contribution in [0.4, 0.5) is 0 Å². The SMILES string of the molecule is COc1ncnc(C)c1-c1cccc(C(=O)NCCc2scnc2C)c1. The highest BCUT2D eigenvalue weighted by atomic mass is 32.1. The number of hydrogen-bond donors (Lipinski definition) is 1. The molecule has 0 spiro atoms. The van der Waals surface area contributed by atoms with Crippen molar-refractivity contribution in [3.63, 3.8) is 0 Å². The van der Waals surface area contributed by atoms with Crippen LogP contribution in [0.1, 0.15) is 26.6 Å². The van der Waals surface area contributed by atoms with Crippen LogP contribution in [-0.4, -0.2) is 34.5 Å². The first kappa shape index (κ1) is 18.0. The number of nitrogens with one attached hydrogen (secondary N) is 1. The Morgan fingerprint density at radius 2 is 2.04 bits per heavy atom. The van der Waals surface area contributed by atoms with Gasteiger partial charge in [-0.3, -0.25) is 4.79 Å². The predicted molar refractivity (Wildman–Crippen MR) is 102 cm³/mol. The molecule has 1 amide bonds. The molecule has 1 N–H and O–H groups in total. The van der Waals surface area contributed by atoms with Gasteiger partial charge in [-0.05, 0) is 31.5 Å². The fourth-order valence-corrected chi connectivity index (χ4v) is 3.49. The molecular formula is C19H20N4O2S. The number of carbonyl (C=O) groups excluding carboxylic acids is 1. The summed E-state index contributed by atoms with van der Waals surface area (Å²) in [4.78, 5) is 26.3. The maximum atomic E-state index is 12.5. The van der Waals surface area contributed by atoms with Crippen LogP contribution < -0.4 is 10.1 Å². The van der Waals surface area contributed by atoms with Crippen molar-refractivity contribution in [3.8, 4) is 17.0 Å². The van der Waals surface area contributed by atoms with Gasteiger partial charge in [-0.2, -0.15) is 0 Å².